The number of alkyl halides is 2. The molecule has 18 heavy (non-hydrogen) atoms. The van der Waals surface area contributed by atoms with Crippen LogP contribution in [-0.4, -0.2) is 11.8 Å². The van der Waals surface area contributed by atoms with Gasteiger partial charge in [-0.1, -0.05) is 36.6 Å². The van der Waals surface area contributed by atoms with E-state index in [0.29, 0.717) is 17.7 Å². The zero-order chi connectivity index (χ0) is 13.0. The molecule has 1 aliphatic carbocycles. The van der Waals surface area contributed by atoms with Crippen molar-refractivity contribution in [1.82, 2.24) is 0 Å². The molecule has 0 spiro atoms. The van der Waals surface area contributed by atoms with Gasteiger partial charge in [0.15, 0.2) is 0 Å². The van der Waals surface area contributed by atoms with Gasteiger partial charge in [0.2, 0.25) is 0 Å². The smallest absolute Gasteiger partial charge is 0.0408 e. The molecule has 0 atom stereocenters. The highest BCUT2D eigenvalue weighted by atomic mass is 35.5. The van der Waals surface area contributed by atoms with Gasteiger partial charge < -0.3 is 0 Å². The van der Waals surface area contributed by atoms with Crippen molar-refractivity contribution in [3.05, 3.63) is 34.9 Å². The molecule has 1 aromatic carbocycles. The SMILES string of the molecule is ClCC(CCl)(Cc1cccc(Cl)c1)C1CCCC1. The average molecular weight is 306 g/mol. The number of hydrogen-bond acceptors (Lipinski definition) is 0. The van der Waals surface area contributed by atoms with E-state index in [0.717, 1.165) is 11.4 Å². The zero-order valence-electron chi connectivity index (χ0n) is 10.5. The van der Waals surface area contributed by atoms with Crippen LogP contribution in [0.25, 0.3) is 0 Å². The summed E-state index contributed by atoms with van der Waals surface area (Å²) < 4.78 is 0. The Morgan fingerprint density at radius 2 is 1.78 bits per heavy atom. The lowest BCUT2D eigenvalue weighted by atomic mass is 9.73. The molecule has 0 saturated heterocycles. The fourth-order valence-electron chi connectivity index (χ4n) is 3.08. The fourth-order valence-corrected chi connectivity index (χ4v) is 4.21. The maximum absolute atomic E-state index is 6.28. The summed E-state index contributed by atoms with van der Waals surface area (Å²) in [5.41, 5.74) is 1.28. The van der Waals surface area contributed by atoms with Gasteiger partial charge in [0.1, 0.15) is 0 Å². The van der Waals surface area contributed by atoms with E-state index >= 15 is 0 Å². The Balaban J connectivity index is 2.19. The highest BCUT2D eigenvalue weighted by Gasteiger charge is 2.38. The van der Waals surface area contributed by atoms with Crippen LogP contribution < -0.4 is 0 Å². The van der Waals surface area contributed by atoms with Gasteiger partial charge in [0.05, 0.1) is 0 Å². The molecule has 1 aromatic rings. The van der Waals surface area contributed by atoms with Crippen LogP contribution in [-0.2, 0) is 6.42 Å². The van der Waals surface area contributed by atoms with E-state index < -0.39 is 0 Å². The second-order valence-corrected chi connectivity index (χ2v) is 6.39. The lowest BCUT2D eigenvalue weighted by Gasteiger charge is -2.36. The predicted molar refractivity (Wildman–Crippen MR) is 81.0 cm³/mol. The van der Waals surface area contributed by atoms with Gasteiger partial charge in [-0.15, -0.1) is 23.2 Å². The maximum atomic E-state index is 6.28. The average Bonchev–Trinajstić information content (AvgIpc) is 2.90. The van der Waals surface area contributed by atoms with Crippen LogP contribution in [0.3, 0.4) is 0 Å². The number of halogens is 3. The Bertz CT molecular complexity index is 379. The van der Waals surface area contributed by atoms with Crippen LogP contribution in [0.2, 0.25) is 5.02 Å². The number of benzene rings is 1. The van der Waals surface area contributed by atoms with Gasteiger partial charge in [-0.2, -0.15) is 0 Å². The molecule has 1 saturated carbocycles. The van der Waals surface area contributed by atoms with Crippen LogP contribution in [0.4, 0.5) is 0 Å². The summed E-state index contributed by atoms with van der Waals surface area (Å²) in [6.45, 7) is 0. The minimum atomic E-state index is 0.0320. The van der Waals surface area contributed by atoms with E-state index in [1.807, 2.05) is 18.2 Å². The summed E-state index contributed by atoms with van der Waals surface area (Å²) in [6.07, 6.45) is 6.09. The lowest BCUT2D eigenvalue weighted by molar-refractivity contribution is 0.225. The molecule has 0 radical (unpaired) electrons. The van der Waals surface area contributed by atoms with Crippen LogP contribution in [0.15, 0.2) is 24.3 Å². The molecule has 0 unspecified atom stereocenters. The topological polar surface area (TPSA) is 0 Å². The lowest BCUT2D eigenvalue weighted by Crippen LogP contribution is -2.35. The molecule has 3 heteroatoms. The molecule has 0 bridgehead atoms. The molecule has 0 nitrogen and oxygen atoms in total. The largest absolute Gasteiger partial charge is 0.126 e. The first kappa shape index (κ1) is 14.5. The second-order valence-electron chi connectivity index (χ2n) is 5.42. The summed E-state index contributed by atoms with van der Waals surface area (Å²) >= 11 is 18.6. The van der Waals surface area contributed by atoms with E-state index in [9.17, 15) is 0 Å². The molecular weight excluding hydrogens is 287 g/mol. The van der Waals surface area contributed by atoms with E-state index in [1.165, 1.54) is 31.2 Å². The Hall–Kier alpha value is 0.0900. The predicted octanol–water partition coefficient (Wildman–Crippen LogP) is 5.54. The minimum Gasteiger partial charge on any atom is -0.126 e. The minimum absolute atomic E-state index is 0.0320. The summed E-state index contributed by atoms with van der Waals surface area (Å²) in [6, 6.07) is 8.06. The highest BCUT2D eigenvalue weighted by Crippen LogP contribution is 2.44. The van der Waals surface area contributed by atoms with Crippen molar-refractivity contribution in [2.45, 2.75) is 32.1 Å². The van der Waals surface area contributed by atoms with Gasteiger partial charge in [-0.05, 0) is 42.9 Å². The molecule has 2 rings (SSSR count). The van der Waals surface area contributed by atoms with Crippen molar-refractivity contribution in [3.8, 4) is 0 Å². The Morgan fingerprint density at radius 3 is 2.33 bits per heavy atom. The first-order valence-electron chi connectivity index (χ1n) is 6.56. The first-order chi connectivity index (χ1) is 8.70. The van der Waals surface area contributed by atoms with Crippen molar-refractivity contribution >= 4 is 34.8 Å². The van der Waals surface area contributed by atoms with Gasteiger partial charge in [0, 0.05) is 22.2 Å². The molecule has 0 heterocycles. The van der Waals surface area contributed by atoms with Crippen molar-refractivity contribution in [1.29, 1.82) is 0 Å². The van der Waals surface area contributed by atoms with E-state index in [-0.39, 0.29) is 5.41 Å². The Kier molecular flexibility index (Phi) is 5.24. The second kappa shape index (κ2) is 6.50. The molecular formula is C15H19Cl3. The van der Waals surface area contributed by atoms with Gasteiger partial charge in [0.25, 0.3) is 0 Å². The molecule has 1 aliphatic rings. The summed E-state index contributed by atoms with van der Waals surface area (Å²) in [4.78, 5) is 0. The molecule has 1 fully saturated rings. The molecule has 0 N–H and O–H groups in total. The monoisotopic (exact) mass is 304 g/mol. The normalized spacial score (nSPS) is 17.3. The highest BCUT2D eigenvalue weighted by molar-refractivity contribution is 6.30. The Morgan fingerprint density at radius 1 is 1.11 bits per heavy atom. The van der Waals surface area contributed by atoms with Crippen molar-refractivity contribution in [2.75, 3.05) is 11.8 Å². The Labute approximate surface area is 125 Å². The van der Waals surface area contributed by atoms with E-state index in [1.54, 1.807) is 0 Å². The van der Waals surface area contributed by atoms with Crippen molar-refractivity contribution in [2.24, 2.45) is 11.3 Å². The molecule has 0 aromatic heterocycles. The third kappa shape index (κ3) is 3.15. The number of rotatable bonds is 5. The summed E-state index contributed by atoms with van der Waals surface area (Å²) in [5, 5.41) is 0.789. The van der Waals surface area contributed by atoms with Crippen LogP contribution in [0, 0.1) is 11.3 Å². The van der Waals surface area contributed by atoms with Crippen molar-refractivity contribution < 1.29 is 0 Å². The molecule has 100 valence electrons. The quantitative estimate of drug-likeness (QED) is 0.627. The van der Waals surface area contributed by atoms with Gasteiger partial charge in [-0.25, -0.2) is 0 Å². The summed E-state index contributed by atoms with van der Waals surface area (Å²) in [7, 11) is 0. The maximum Gasteiger partial charge on any atom is 0.0408 e. The fraction of sp³-hybridized carbons (Fsp3) is 0.600. The summed E-state index contributed by atoms with van der Waals surface area (Å²) in [5.74, 6) is 1.92. The van der Waals surface area contributed by atoms with Crippen molar-refractivity contribution in [3.63, 3.8) is 0 Å². The van der Waals surface area contributed by atoms with Gasteiger partial charge >= 0.3 is 0 Å². The number of hydrogen-bond donors (Lipinski definition) is 0. The van der Waals surface area contributed by atoms with Gasteiger partial charge in [-0.3, -0.25) is 0 Å². The van der Waals surface area contributed by atoms with Crippen LogP contribution in [0.5, 0.6) is 0 Å². The molecule has 0 aliphatic heterocycles. The van der Waals surface area contributed by atoms with E-state index in [4.69, 9.17) is 34.8 Å². The third-order valence-electron chi connectivity index (χ3n) is 4.20. The van der Waals surface area contributed by atoms with Crippen LogP contribution in [0.1, 0.15) is 31.2 Å². The third-order valence-corrected chi connectivity index (χ3v) is 5.50. The first-order valence-corrected chi connectivity index (χ1v) is 8.01. The van der Waals surface area contributed by atoms with E-state index in [2.05, 4.69) is 6.07 Å². The van der Waals surface area contributed by atoms with Crippen LogP contribution >= 0.6 is 34.8 Å². The standard InChI is InChI=1S/C15H19Cl3/c16-10-15(11-17,13-5-1-2-6-13)9-12-4-3-7-14(18)8-12/h3-4,7-8,13H,1-2,5-6,9-11H2. The zero-order valence-corrected chi connectivity index (χ0v) is 12.7. The molecule has 0 amide bonds.